The van der Waals surface area contributed by atoms with Gasteiger partial charge in [0.05, 0.1) is 9.89 Å². The number of ether oxygens (including phenoxy) is 1. The average molecular weight is 302 g/mol. The van der Waals surface area contributed by atoms with Gasteiger partial charge in [-0.1, -0.05) is 12.1 Å². The molecule has 0 aliphatic carbocycles. The molecule has 0 aliphatic rings. The SMILES string of the molecule is CC(C)(COc1c(Br)cccc1CN)C(=O)O. The molecule has 0 radical (unpaired) electrons. The number of hydrogen-bond donors (Lipinski definition) is 2. The molecule has 0 spiro atoms. The molecule has 0 amide bonds. The maximum atomic E-state index is 11.0. The third kappa shape index (κ3) is 3.44. The zero-order chi connectivity index (χ0) is 13.1. The first-order chi connectivity index (χ1) is 7.88. The summed E-state index contributed by atoms with van der Waals surface area (Å²) in [5, 5.41) is 9.00. The van der Waals surface area contributed by atoms with E-state index in [1.807, 2.05) is 18.2 Å². The zero-order valence-electron chi connectivity index (χ0n) is 9.87. The largest absolute Gasteiger partial charge is 0.491 e. The Balaban J connectivity index is 2.86. The molecule has 1 rings (SSSR count). The second-order valence-corrected chi connectivity index (χ2v) is 5.26. The smallest absolute Gasteiger partial charge is 0.312 e. The van der Waals surface area contributed by atoms with Gasteiger partial charge in [0.1, 0.15) is 12.4 Å². The molecule has 1 aromatic rings. The summed E-state index contributed by atoms with van der Waals surface area (Å²) in [6.45, 7) is 3.68. The number of para-hydroxylation sites is 1. The zero-order valence-corrected chi connectivity index (χ0v) is 11.5. The highest BCUT2D eigenvalue weighted by Crippen LogP contribution is 2.30. The molecule has 1 aromatic carbocycles. The van der Waals surface area contributed by atoms with Gasteiger partial charge in [-0.25, -0.2) is 0 Å². The van der Waals surface area contributed by atoms with Crippen molar-refractivity contribution in [2.75, 3.05) is 6.61 Å². The third-order valence-electron chi connectivity index (χ3n) is 2.42. The van der Waals surface area contributed by atoms with Gasteiger partial charge in [-0.3, -0.25) is 4.79 Å². The summed E-state index contributed by atoms with van der Waals surface area (Å²) in [4.78, 5) is 11.0. The normalized spacial score (nSPS) is 11.3. The Bertz CT molecular complexity index is 418. The molecule has 0 unspecified atom stereocenters. The van der Waals surface area contributed by atoms with Crippen molar-refractivity contribution in [2.24, 2.45) is 11.1 Å². The van der Waals surface area contributed by atoms with Crippen molar-refractivity contribution >= 4 is 21.9 Å². The molecular weight excluding hydrogens is 286 g/mol. The van der Waals surface area contributed by atoms with E-state index in [-0.39, 0.29) is 6.61 Å². The van der Waals surface area contributed by atoms with Crippen molar-refractivity contribution in [3.8, 4) is 5.75 Å². The van der Waals surface area contributed by atoms with Gasteiger partial charge in [0.25, 0.3) is 0 Å². The quantitative estimate of drug-likeness (QED) is 0.876. The Morgan fingerprint density at radius 1 is 1.53 bits per heavy atom. The molecule has 0 saturated carbocycles. The monoisotopic (exact) mass is 301 g/mol. The van der Waals surface area contributed by atoms with Crippen LogP contribution >= 0.6 is 15.9 Å². The number of carboxylic acids is 1. The van der Waals surface area contributed by atoms with Crippen LogP contribution in [0.5, 0.6) is 5.75 Å². The van der Waals surface area contributed by atoms with Gasteiger partial charge in [-0.2, -0.15) is 0 Å². The van der Waals surface area contributed by atoms with Gasteiger partial charge in [0.2, 0.25) is 0 Å². The third-order valence-corrected chi connectivity index (χ3v) is 3.05. The first kappa shape index (κ1) is 14.0. The van der Waals surface area contributed by atoms with Gasteiger partial charge in [-0.05, 0) is 35.8 Å². The van der Waals surface area contributed by atoms with Crippen molar-refractivity contribution in [3.63, 3.8) is 0 Å². The highest BCUT2D eigenvalue weighted by molar-refractivity contribution is 9.10. The second-order valence-electron chi connectivity index (χ2n) is 4.41. The number of aliphatic carboxylic acids is 1. The molecule has 0 fully saturated rings. The summed E-state index contributed by atoms with van der Waals surface area (Å²) >= 11 is 3.36. The van der Waals surface area contributed by atoms with Crippen molar-refractivity contribution in [3.05, 3.63) is 28.2 Å². The predicted molar refractivity (Wildman–Crippen MR) is 68.9 cm³/mol. The maximum Gasteiger partial charge on any atom is 0.312 e. The first-order valence-electron chi connectivity index (χ1n) is 5.22. The molecule has 17 heavy (non-hydrogen) atoms. The van der Waals surface area contributed by atoms with E-state index in [1.54, 1.807) is 13.8 Å². The fourth-order valence-electron chi connectivity index (χ4n) is 1.19. The number of nitrogens with two attached hydrogens (primary N) is 1. The summed E-state index contributed by atoms with van der Waals surface area (Å²) in [7, 11) is 0. The number of carboxylic acid groups (broad SMARTS) is 1. The summed E-state index contributed by atoms with van der Waals surface area (Å²) in [5.41, 5.74) is 5.52. The Kier molecular flexibility index (Phi) is 4.54. The van der Waals surface area contributed by atoms with Crippen LogP contribution in [0.15, 0.2) is 22.7 Å². The maximum absolute atomic E-state index is 11.0. The fraction of sp³-hybridized carbons (Fsp3) is 0.417. The molecule has 5 heteroatoms. The van der Waals surface area contributed by atoms with Crippen LogP contribution in [0.4, 0.5) is 0 Å². The molecule has 3 N–H and O–H groups in total. The lowest BCUT2D eigenvalue weighted by molar-refractivity contribution is -0.148. The summed E-state index contributed by atoms with van der Waals surface area (Å²) < 4.78 is 6.36. The fourth-order valence-corrected chi connectivity index (χ4v) is 1.71. The van der Waals surface area contributed by atoms with E-state index in [0.29, 0.717) is 12.3 Å². The van der Waals surface area contributed by atoms with Crippen LogP contribution in [0.25, 0.3) is 0 Å². The van der Waals surface area contributed by atoms with Gasteiger partial charge < -0.3 is 15.6 Å². The summed E-state index contributed by atoms with van der Waals surface area (Å²) in [5.74, 6) is -0.275. The van der Waals surface area contributed by atoms with Crippen LogP contribution in [-0.4, -0.2) is 17.7 Å². The summed E-state index contributed by atoms with van der Waals surface area (Å²) in [6, 6.07) is 5.55. The van der Waals surface area contributed by atoms with Crippen LogP contribution in [0.2, 0.25) is 0 Å². The number of hydrogen-bond acceptors (Lipinski definition) is 3. The Hall–Kier alpha value is -1.07. The van der Waals surface area contributed by atoms with Crippen LogP contribution < -0.4 is 10.5 Å². The molecule has 0 saturated heterocycles. The Labute approximate surface area is 109 Å². The lowest BCUT2D eigenvalue weighted by atomic mass is 9.95. The molecule has 4 nitrogen and oxygen atoms in total. The van der Waals surface area contributed by atoms with Crippen LogP contribution in [0, 0.1) is 5.41 Å². The average Bonchev–Trinajstić information content (AvgIpc) is 2.26. The van der Waals surface area contributed by atoms with E-state index in [1.165, 1.54) is 0 Å². The van der Waals surface area contributed by atoms with Crippen molar-refractivity contribution in [1.29, 1.82) is 0 Å². The van der Waals surface area contributed by atoms with Crippen molar-refractivity contribution < 1.29 is 14.6 Å². The van der Waals surface area contributed by atoms with Crippen LogP contribution in [0.3, 0.4) is 0 Å². The van der Waals surface area contributed by atoms with E-state index >= 15 is 0 Å². The minimum absolute atomic E-state index is 0.0952. The molecule has 0 aromatic heterocycles. The van der Waals surface area contributed by atoms with Gasteiger partial charge >= 0.3 is 5.97 Å². The Morgan fingerprint density at radius 3 is 2.71 bits per heavy atom. The second kappa shape index (κ2) is 5.51. The highest BCUT2D eigenvalue weighted by Gasteiger charge is 2.28. The van der Waals surface area contributed by atoms with E-state index in [9.17, 15) is 4.79 Å². The van der Waals surface area contributed by atoms with Crippen molar-refractivity contribution in [2.45, 2.75) is 20.4 Å². The number of benzene rings is 1. The minimum atomic E-state index is -0.929. The molecule has 94 valence electrons. The predicted octanol–water partition coefficient (Wildman–Crippen LogP) is 2.40. The molecule has 0 heterocycles. The Morgan fingerprint density at radius 2 is 2.18 bits per heavy atom. The molecule has 0 atom stereocenters. The highest BCUT2D eigenvalue weighted by atomic mass is 79.9. The van der Waals surface area contributed by atoms with E-state index in [4.69, 9.17) is 15.6 Å². The van der Waals surface area contributed by atoms with E-state index in [2.05, 4.69) is 15.9 Å². The van der Waals surface area contributed by atoms with Crippen LogP contribution in [-0.2, 0) is 11.3 Å². The molecule has 0 bridgehead atoms. The molecular formula is C12H16BrNO3. The number of carbonyl (C=O) groups is 1. The topological polar surface area (TPSA) is 72.5 Å². The van der Waals surface area contributed by atoms with Gasteiger partial charge in [-0.15, -0.1) is 0 Å². The lowest BCUT2D eigenvalue weighted by Gasteiger charge is -2.21. The van der Waals surface area contributed by atoms with Gasteiger partial charge in [0.15, 0.2) is 0 Å². The van der Waals surface area contributed by atoms with E-state index in [0.717, 1.165) is 10.0 Å². The summed E-state index contributed by atoms with van der Waals surface area (Å²) in [6.07, 6.45) is 0. The van der Waals surface area contributed by atoms with Crippen LogP contribution in [0.1, 0.15) is 19.4 Å². The van der Waals surface area contributed by atoms with Gasteiger partial charge in [0, 0.05) is 12.1 Å². The number of rotatable bonds is 5. The first-order valence-corrected chi connectivity index (χ1v) is 6.01. The standard InChI is InChI=1S/C12H16BrNO3/c1-12(2,11(15)16)7-17-10-8(6-14)4-3-5-9(10)13/h3-5H,6-7,14H2,1-2H3,(H,15,16). The molecule has 0 aliphatic heterocycles. The number of halogens is 1. The van der Waals surface area contributed by atoms with E-state index < -0.39 is 11.4 Å². The van der Waals surface area contributed by atoms with Crippen molar-refractivity contribution in [1.82, 2.24) is 0 Å². The lowest BCUT2D eigenvalue weighted by Crippen LogP contribution is -2.31. The minimum Gasteiger partial charge on any atom is -0.491 e.